The number of alkyl halides is 3. The molecule has 0 fully saturated rings. The number of hydrogen-bond donors (Lipinski definition) is 1. The Morgan fingerprint density at radius 1 is 0.913 bits per heavy atom. The summed E-state index contributed by atoms with van der Waals surface area (Å²) in [5, 5.41) is 3.41. The molecule has 0 bridgehead atoms. The zero-order valence-electron chi connectivity index (χ0n) is 11.0. The Morgan fingerprint density at radius 2 is 1.57 bits per heavy atom. The van der Waals surface area contributed by atoms with Crippen LogP contribution in [0.15, 0.2) is 24.3 Å². The zero-order chi connectivity index (χ0) is 16.9. The molecule has 10 heteroatoms. The minimum atomic E-state index is -4.76. The lowest BCUT2D eigenvalue weighted by Crippen LogP contribution is -2.13. The van der Waals surface area contributed by atoms with Gasteiger partial charge in [0.2, 0.25) is 5.95 Å². The Labute approximate surface area is 124 Å². The highest BCUT2D eigenvalue weighted by Gasteiger charge is 2.35. The molecule has 2 N–H and O–H groups in total. The summed E-state index contributed by atoms with van der Waals surface area (Å²) >= 11 is 0. The number of halogens is 6. The van der Waals surface area contributed by atoms with Crippen molar-refractivity contribution in [2.75, 3.05) is 5.73 Å². The molecule has 0 unspecified atom stereocenters. The van der Waals surface area contributed by atoms with Crippen LogP contribution < -0.4 is 5.73 Å². The predicted molar refractivity (Wildman–Crippen MR) is 67.7 cm³/mol. The molecule has 0 aliphatic rings. The van der Waals surface area contributed by atoms with Gasteiger partial charge in [-0.2, -0.15) is 18.2 Å². The standard InChI is InChI=1S/C13H6F6N4/c14-7-3-1-5(9(15)10(7)16)6-2-4-8(13(17,18)19)23-11(6)21-12(20)22-23/h1-4H,(H2,20,22). The summed E-state index contributed by atoms with van der Waals surface area (Å²) in [7, 11) is 0. The summed E-state index contributed by atoms with van der Waals surface area (Å²) in [6.07, 6.45) is -4.76. The fourth-order valence-corrected chi connectivity index (χ4v) is 2.14. The lowest BCUT2D eigenvalue weighted by atomic mass is 10.1. The fourth-order valence-electron chi connectivity index (χ4n) is 2.14. The van der Waals surface area contributed by atoms with Gasteiger partial charge in [-0.3, -0.25) is 0 Å². The predicted octanol–water partition coefficient (Wildman–Crippen LogP) is 3.41. The molecule has 3 aromatic rings. The summed E-state index contributed by atoms with van der Waals surface area (Å²) in [5.41, 5.74) is 3.01. The number of aromatic nitrogens is 3. The Bertz CT molecular complexity index is 915. The normalized spacial score (nSPS) is 12.1. The number of nitrogens with two attached hydrogens (primary N) is 1. The first kappa shape index (κ1) is 15.1. The number of nitrogens with zero attached hydrogens (tertiary/aromatic N) is 3. The Kier molecular flexibility index (Phi) is 3.20. The van der Waals surface area contributed by atoms with Gasteiger partial charge in [-0.25, -0.2) is 17.7 Å². The molecule has 0 saturated heterocycles. The Balaban J connectivity index is 2.35. The molecule has 120 valence electrons. The van der Waals surface area contributed by atoms with Crippen LogP contribution in [0.1, 0.15) is 5.69 Å². The topological polar surface area (TPSA) is 56.2 Å². The molecule has 0 spiro atoms. The van der Waals surface area contributed by atoms with Crippen LogP contribution in [-0.2, 0) is 6.18 Å². The first-order valence-corrected chi connectivity index (χ1v) is 6.06. The number of anilines is 1. The molecule has 0 saturated carbocycles. The zero-order valence-corrected chi connectivity index (χ0v) is 11.0. The molecule has 2 aromatic heterocycles. The van der Waals surface area contributed by atoms with E-state index in [1.807, 2.05) is 0 Å². The third-order valence-electron chi connectivity index (χ3n) is 3.12. The molecule has 0 radical (unpaired) electrons. The highest BCUT2D eigenvalue weighted by molar-refractivity contribution is 5.78. The third kappa shape index (κ3) is 2.35. The second-order valence-electron chi connectivity index (χ2n) is 4.56. The van der Waals surface area contributed by atoms with E-state index in [4.69, 9.17) is 5.73 Å². The van der Waals surface area contributed by atoms with Crippen molar-refractivity contribution in [1.29, 1.82) is 0 Å². The van der Waals surface area contributed by atoms with Crippen molar-refractivity contribution in [3.63, 3.8) is 0 Å². The first-order valence-electron chi connectivity index (χ1n) is 6.06. The van der Waals surface area contributed by atoms with E-state index in [9.17, 15) is 26.3 Å². The van der Waals surface area contributed by atoms with Gasteiger partial charge in [0.1, 0.15) is 5.69 Å². The van der Waals surface area contributed by atoms with Crippen molar-refractivity contribution in [3.05, 3.63) is 47.4 Å². The molecule has 1 aromatic carbocycles. The maximum Gasteiger partial charge on any atom is 0.433 e. The highest BCUT2D eigenvalue weighted by atomic mass is 19.4. The Morgan fingerprint density at radius 3 is 2.22 bits per heavy atom. The molecule has 3 rings (SSSR count). The second kappa shape index (κ2) is 4.86. The van der Waals surface area contributed by atoms with E-state index in [-0.39, 0.29) is 5.56 Å². The molecule has 2 heterocycles. The molecule has 0 amide bonds. The SMILES string of the molecule is Nc1nc2c(-c3ccc(F)c(F)c3F)ccc(C(F)(F)F)n2n1. The van der Waals surface area contributed by atoms with Crippen molar-refractivity contribution in [2.45, 2.75) is 6.18 Å². The van der Waals surface area contributed by atoms with Gasteiger partial charge in [-0.1, -0.05) is 0 Å². The number of rotatable bonds is 1. The van der Waals surface area contributed by atoms with E-state index in [0.29, 0.717) is 16.6 Å². The van der Waals surface area contributed by atoms with E-state index < -0.39 is 46.5 Å². The van der Waals surface area contributed by atoms with E-state index in [0.717, 1.165) is 12.1 Å². The van der Waals surface area contributed by atoms with Crippen molar-refractivity contribution in [1.82, 2.24) is 14.6 Å². The summed E-state index contributed by atoms with van der Waals surface area (Å²) in [5.74, 6) is -5.19. The monoisotopic (exact) mass is 332 g/mol. The molecular weight excluding hydrogens is 326 g/mol. The largest absolute Gasteiger partial charge is 0.433 e. The molecule has 0 aliphatic heterocycles. The second-order valence-corrected chi connectivity index (χ2v) is 4.56. The van der Waals surface area contributed by atoms with Gasteiger partial charge in [-0.15, -0.1) is 5.10 Å². The highest BCUT2D eigenvalue weighted by Crippen LogP contribution is 2.34. The van der Waals surface area contributed by atoms with Gasteiger partial charge in [0, 0.05) is 11.1 Å². The van der Waals surface area contributed by atoms with Crippen molar-refractivity contribution >= 4 is 11.6 Å². The number of benzene rings is 1. The van der Waals surface area contributed by atoms with E-state index in [2.05, 4.69) is 10.1 Å². The van der Waals surface area contributed by atoms with Crippen molar-refractivity contribution in [2.24, 2.45) is 0 Å². The van der Waals surface area contributed by atoms with E-state index in [1.165, 1.54) is 0 Å². The van der Waals surface area contributed by atoms with Gasteiger partial charge < -0.3 is 5.73 Å². The van der Waals surface area contributed by atoms with Crippen LogP contribution in [0, 0.1) is 17.5 Å². The smallest absolute Gasteiger partial charge is 0.366 e. The first-order chi connectivity index (χ1) is 10.7. The average molecular weight is 332 g/mol. The van der Waals surface area contributed by atoms with Crippen LogP contribution in [0.2, 0.25) is 0 Å². The summed E-state index contributed by atoms with van der Waals surface area (Å²) in [6.45, 7) is 0. The molecular formula is C13H6F6N4. The molecule has 4 nitrogen and oxygen atoms in total. The maximum atomic E-state index is 13.9. The minimum Gasteiger partial charge on any atom is -0.366 e. The van der Waals surface area contributed by atoms with Crippen LogP contribution in [0.5, 0.6) is 0 Å². The number of hydrogen-bond acceptors (Lipinski definition) is 3. The van der Waals surface area contributed by atoms with Crippen LogP contribution in [0.4, 0.5) is 32.3 Å². The number of fused-ring (bicyclic) bond motifs is 1. The van der Waals surface area contributed by atoms with Crippen LogP contribution in [0.3, 0.4) is 0 Å². The van der Waals surface area contributed by atoms with Crippen molar-refractivity contribution in [3.8, 4) is 11.1 Å². The van der Waals surface area contributed by atoms with E-state index in [1.54, 1.807) is 0 Å². The van der Waals surface area contributed by atoms with Gasteiger partial charge in [0.05, 0.1) is 0 Å². The summed E-state index contributed by atoms with van der Waals surface area (Å²) in [4.78, 5) is 3.60. The van der Waals surface area contributed by atoms with E-state index >= 15 is 0 Å². The number of nitrogen functional groups attached to an aromatic ring is 1. The molecule has 0 atom stereocenters. The van der Waals surface area contributed by atoms with Crippen LogP contribution in [0.25, 0.3) is 16.8 Å². The minimum absolute atomic E-state index is 0.210. The summed E-state index contributed by atoms with van der Waals surface area (Å²) < 4.78 is 79.5. The summed E-state index contributed by atoms with van der Waals surface area (Å²) in [6, 6.07) is 3.06. The average Bonchev–Trinajstić information content (AvgIpc) is 2.84. The Hall–Kier alpha value is -2.78. The third-order valence-corrected chi connectivity index (χ3v) is 3.12. The molecule has 0 aliphatic carbocycles. The van der Waals surface area contributed by atoms with Crippen molar-refractivity contribution < 1.29 is 26.3 Å². The van der Waals surface area contributed by atoms with Crippen LogP contribution in [-0.4, -0.2) is 14.6 Å². The lowest BCUT2D eigenvalue weighted by molar-refractivity contribution is -0.142. The lowest BCUT2D eigenvalue weighted by Gasteiger charge is -2.11. The van der Waals surface area contributed by atoms with Gasteiger partial charge in [0.25, 0.3) is 0 Å². The van der Waals surface area contributed by atoms with Gasteiger partial charge in [0.15, 0.2) is 23.1 Å². The van der Waals surface area contributed by atoms with Gasteiger partial charge in [-0.05, 0) is 24.3 Å². The maximum absolute atomic E-state index is 13.9. The number of pyridine rings is 1. The van der Waals surface area contributed by atoms with Crippen LogP contribution >= 0.6 is 0 Å². The molecule has 23 heavy (non-hydrogen) atoms. The quantitative estimate of drug-likeness (QED) is 0.549. The fraction of sp³-hybridized carbons (Fsp3) is 0.0769. The van der Waals surface area contributed by atoms with Gasteiger partial charge >= 0.3 is 6.18 Å².